The van der Waals surface area contributed by atoms with Crippen LogP contribution in [0.3, 0.4) is 0 Å². The van der Waals surface area contributed by atoms with E-state index in [0.29, 0.717) is 5.92 Å². The molecule has 0 saturated carbocycles. The molecule has 0 bridgehead atoms. The van der Waals surface area contributed by atoms with Crippen LogP contribution in [0.25, 0.3) is 10.9 Å². The van der Waals surface area contributed by atoms with Crippen molar-refractivity contribution in [1.82, 2.24) is 9.97 Å². The first kappa shape index (κ1) is 11.4. The molecule has 94 valence electrons. The quantitative estimate of drug-likeness (QED) is 0.870. The summed E-state index contributed by atoms with van der Waals surface area (Å²) >= 11 is 0. The molecule has 1 aliphatic heterocycles. The zero-order valence-corrected chi connectivity index (χ0v) is 10.8. The molecule has 0 unspecified atom stereocenters. The number of benzene rings is 1. The highest BCUT2D eigenvalue weighted by Gasteiger charge is 2.28. The molecular weight excluding hydrogens is 224 g/mol. The van der Waals surface area contributed by atoms with Gasteiger partial charge in [-0.25, -0.2) is 9.97 Å². The van der Waals surface area contributed by atoms with Crippen molar-refractivity contribution < 1.29 is 0 Å². The molecule has 1 fully saturated rings. The SMILES string of the molecule is Cc1ccc2nc(C)nc(N3CC(CN)C3)c2c1. The normalized spacial score (nSPS) is 16.1. The van der Waals surface area contributed by atoms with Crippen molar-refractivity contribution in [1.29, 1.82) is 0 Å². The smallest absolute Gasteiger partial charge is 0.140 e. The Labute approximate surface area is 107 Å². The highest BCUT2D eigenvalue weighted by Crippen LogP contribution is 2.29. The third-order valence-electron chi connectivity index (χ3n) is 3.53. The summed E-state index contributed by atoms with van der Waals surface area (Å²) in [5.74, 6) is 2.50. The molecule has 2 heterocycles. The fourth-order valence-electron chi connectivity index (χ4n) is 2.47. The number of nitrogens with zero attached hydrogens (tertiary/aromatic N) is 3. The number of hydrogen-bond donors (Lipinski definition) is 1. The van der Waals surface area contributed by atoms with Crippen molar-refractivity contribution in [2.75, 3.05) is 24.5 Å². The Bertz CT molecular complexity index is 588. The first-order valence-electron chi connectivity index (χ1n) is 6.37. The zero-order valence-electron chi connectivity index (χ0n) is 10.8. The van der Waals surface area contributed by atoms with Crippen molar-refractivity contribution in [3.8, 4) is 0 Å². The maximum Gasteiger partial charge on any atom is 0.140 e. The molecule has 2 N–H and O–H groups in total. The molecule has 2 aromatic rings. The zero-order chi connectivity index (χ0) is 12.7. The summed E-state index contributed by atoms with van der Waals surface area (Å²) in [4.78, 5) is 11.4. The van der Waals surface area contributed by atoms with Crippen molar-refractivity contribution in [3.05, 3.63) is 29.6 Å². The third kappa shape index (κ3) is 1.82. The van der Waals surface area contributed by atoms with E-state index in [9.17, 15) is 0 Å². The van der Waals surface area contributed by atoms with Gasteiger partial charge >= 0.3 is 0 Å². The minimum atomic E-state index is 0.611. The third-order valence-corrected chi connectivity index (χ3v) is 3.53. The molecule has 0 spiro atoms. The lowest BCUT2D eigenvalue weighted by Gasteiger charge is -2.40. The van der Waals surface area contributed by atoms with Gasteiger partial charge in [-0.15, -0.1) is 0 Å². The molecule has 4 nitrogen and oxygen atoms in total. The Morgan fingerprint density at radius 1 is 1.28 bits per heavy atom. The summed E-state index contributed by atoms with van der Waals surface area (Å²) in [6.07, 6.45) is 0. The molecule has 0 radical (unpaired) electrons. The lowest BCUT2D eigenvalue weighted by Crippen LogP contribution is -2.50. The highest BCUT2D eigenvalue weighted by atomic mass is 15.2. The second-order valence-electron chi connectivity index (χ2n) is 5.12. The highest BCUT2D eigenvalue weighted by molar-refractivity contribution is 5.90. The van der Waals surface area contributed by atoms with Crippen LogP contribution in [0.2, 0.25) is 0 Å². The van der Waals surface area contributed by atoms with Gasteiger partial charge in [-0.1, -0.05) is 11.6 Å². The van der Waals surface area contributed by atoms with Gasteiger partial charge in [0.05, 0.1) is 5.52 Å². The predicted octanol–water partition coefficient (Wildman–Crippen LogP) is 1.64. The lowest BCUT2D eigenvalue weighted by molar-refractivity contribution is 0.418. The van der Waals surface area contributed by atoms with Crippen LogP contribution in [0.15, 0.2) is 18.2 Å². The minimum absolute atomic E-state index is 0.611. The van der Waals surface area contributed by atoms with Crippen LogP contribution in [0.1, 0.15) is 11.4 Å². The van der Waals surface area contributed by atoms with Gasteiger partial charge in [-0.05, 0) is 32.5 Å². The summed E-state index contributed by atoms with van der Waals surface area (Å²) in [5.41, 5.74) is 7.95. The molecule has 1 saturated heterocycles. The number of nitrogens with two attached hydrogens (primary N) is 1. The maximum atomic E-state index is 5.68. The second-order valence-corrected chi connectivity index (χ2v) is 5.12. The van der Waals surface area contributed by atoms with Gasteiger partial charge in [0.2, 0.25) is 0 Å². The number of rotatable bonds is 2. The molecular formula is C14H18N4. The summed E-state index contributed by atoms with van der Waals surface area (Å²) in [6, 6.07) is 6.33. The topological polar surface area (TPSA) is 55.0 Å². The second kappa shape index (κ2) is 4.21. The van der Waals surface area contributed by atoms with E-state index in [-0.39, 0.29) is 0 Å². The van der Waals surface area contributed by atoms with Crippen LogP contribution >= 0.6 is 0 Å². The van der Waals surface area contributed by atoms with Gasteiger partial charge in [0, 0.05) is 24.4 Å². The fourth-order valence-corrected chi connectivity index (χ4v) is 2.47. The summed E-state index contributed by atoms with van der Waals surface area (Å²) in [5, 5.41) is 1.15. The lowest BCUT2D eigenvalue weighted by atomic mass is 10.00. The Hall–Kier alpha value is -1.68. The number of hydrogen-bond acceptors (Lipinski definition) is 4. The van der Waals surface area contributed by atoms with E-state index in [1.54, 1.807) is 0 Å². The molecule has 0 atom stereocenters. The Balaban J connectivity index is 2.07. The van der Waals surface area contributed by atoms with Gasteiger partial charge < -0.3 is 10.6 Å². The van der Waals surface area contributed by atoms with E-state index in [1.165, 1.54) is 5.56 Å². The van der Waals surface area contributed by atoms with Gasteiger partial charge in [0.15, 0.2) is 0 Å². The fraction of sp³-hybridized carbons (Fsp3) is 0.429. The average molecular weight is 242 g/mol. The molecule has 1 aromatic carbocycles. The Kier molecular flexibility index (Phi) is 2.67. The van der Waals surface area contributed by atoms with E-state index in [1.807, 2.05) is 6.92 Å². The first-order chi connectivity index (χ1) is 8.67. The van der Waals surface area contributed by atoms with E-state index in [2.05, 4.69) is 40.0 Å². The van der Waals surface area contributed by atoms with Gasteiger partial charge in [-0.3, -0.25) is 0 Å². The molecule has 0 amide bonds. The predicted molar refractivity (Wildman–Crippen MR) is 73.8 cm³/mol. The van der Waals surface area contributed by atoms with Crippen LogP contribution in [0, 0.1) is 19.8 Å². The van der Waals surface area contributed by atoms with Crippen molar-refractivity contribution in [2.24, 2.45) is 11.7 Å². The summed E-state index contributed by atoms with van der Waals surface area (Å²) < 4.78 is 0. The first-order valence-corrected chi connectivity index (χ1v) is 6.37. The largest absolute Gasteiger partial charge is 0.355 e. The molecule has 18 heavy (non-hydrogen) atoms. The number of aromatic nitrogens is 2. The van der Waals surface area contributed by atoms with E-state index < -0.39 is 0 Å². The van der Waals surface area contributed by atoms with Crippen LogP contribution in [0.5, 0.6) is 0 Å². The molecule has 3 rings (SSSR count). The minimum Gasteiger partial charge on any atom is -0.355 e. The maximum absolute atomic E-state index is 5.68. The Morgan fingerprint density at radius 3 is 2.78 bits per heavy atom. The van der Waals surface area contributed by atoms with Gasteiger partial charge in [0.1, 0.15) is 11.6 Å². The molecule has 4 heteroatoms. The van der Waals surface area contributed by atoms with E-state index >= 15 is 0 Å². The molecule has 1 aromatic heterocycles. The summed E-state index contributed by atoms with van der Waals surface area (Å²) in [7, 11) is 0. The molecule has 0 aliphatic carbocycles. The monoisotopic (exact) mass is 242 g/mol. The van der Waals surface area contributed by atoms with E-state index in [0.717, 1.165) is 42.2 Å². The van der Waals surface area contributed by atoms with Crippen LogP contribution in [-0.2, 0) is 0 Å². The van der Waals surface area contributed by atoms with Crippen molar-refractivity contribution in [3.63, 3.8) is 0 Å². The molecule has 1 aliphatic rings. The van der Waals surface area contributed by atoms with E-state index in [4.69, 9.17) is 5.73 Å². The number of fused-ring (bicyclic) bond motifs is 1. The Morgan fingerprint density at radius 2 is 2.06 bits per heavy atom. The average Bonchev–Trinajstić information content (AvgIpc) is 2.28. The van der Waals surface area contributed by atoms with Crippen molar-refractivity contribution >= 4 is 16.7 Å². The number of anilines is 1. The van der Waals surface area contributed by atoms with Gasteiger partial charge in [-0.2, -0.15) is 0 Å². The van der Waals surface area contributed by atoms with Crippen LogP contribution in [-0.4, -0.2) is 29.6 Å². The van der Waals surface area contributed by atoms with Crippen molar-refractivity contribution in [2.45, 2.75) is 13.8 Å². The van der Waals surface area contributed by atoms with Gasteiger partial charge in [0.25, 0.3) is 0 Å². The van der Waals surface area contributed by atoms with Crippen LogP contribution < -0.4 is 10.6 Å². The summed E-state index contributed by atoms with van der Waals surface area (Å²) in [6.45, 7) is 6.83. The standard InChI is InChI=1S/C14H18N4/c1-9-3-4-13-12(5-9)14(17-10(2)16-13)18-7-11(6-15)8-18/h3-5,11H,6-8,15H2,1-2H3. The number of aryl methyl sites for hydroxylation is 2. The van der Waals surface area contributed by atoms with Crippen LogP contribution in [0.4, 0.5) is 5.82 Å².